The number of fused-ring (bicyclic) bond motifs is 1. The van der Waals surface area contributed by atoms with E-state index in [2.05, 4.69) is 20.3 Å². The minimum absolute atomic E-state index is 0.0188. The van der Waals surface area contributed by atoms with Gasteiger partial charge >= 0.3 is 0 Å². The van der Waals surface area contributed by atoms with Crippen LogP contribution >= 0.6 is 0 Å². The van der Waals surface area contributed by atoms with Gasteiger partial charge < -0.3 is 15.0 Å². The average molecular weight is 370 g/mol. The molecule has 0 aromatic carbocycles. The fourth-order valence-corrected chi connectivity index (χ4v) is 3.71. The van der Waals surface area contributed by atoms with Gasteiger partial charge in [-0.15, -0.1) is 0 Å². The van der Waals surface area contributed by atoms with Gasteiger partial charge in [0.2, 0.25) is 11.9 Å². The van der Waals surface area contributed by atoms with Crippen molar-refractivity contribution in [1.29, 1.82) is 0 Å². The molecule has 0 radical (unpaired) electrons. The molecule has 0 spiro atoms. The van der Waals surface area contributed by atoms with E-state index in [9.17, 15) is 4.79 Å². The zero-order valence-corrected chi connectivity index (χ0v) is 15.9. The number of aromatic nitrogens is 4. The summed E-state index contributed by atoms with van der Waals surface area (Å²) >= 11 is 0. The van der Waals surface area contributed by atoms with E-state index in [1.807, 2.05) is 26.1 Å². The number of rotatable bonds is 4. The van der Waals surface area contributed by atoms with Crippen LogP contribution in [-0.2, 0) is 22.6 Å². The first-order chi connectivity index (χ1) is 13.1. The van der Waals surface area contributed by atoms with Gasteiger partial charge in [-0.25, -0.2) is 9.97 Å². The highest BCUT2D eigenvalue weighted by molar-refractivity contribution is 5.80. The van der Waals surface area contributed by atoms with Crippen molar-refractivity contribution >= 4 is 11.9 Å². The van der Waals surface area contributed by atoms with Crippen molar-refractivity contribution < 1.29 is 9.53 Å². The molecule has 8 heteroatoms. The van der Waals surface area contributed by atoms with Crippen LogP contribution in [0.2, 0.25) is 0 Å². The Bertz CT molecular complexity index is 812. The Balaban J connectivity index is 1.32. The zero-order valence-electron chi connectivity index (χ0n) is 15.9. The van der Waals surface area contributed by atoms with Crippen molar-refractivity contribution in [3.05, 3.63) is 35.4 Å². The number of carbonyl (C=O) groups excluding carboxylic acids is 1. The molecular weight excluding hydrogens is 344 g/mol. The summed E-state index contributed by atoms with van der Waals surface area (Å²) in [5, 5.41) is 7.41. The van der Waals surface area contributed by atoms with Crippen LogP contribution in [-0.4, -0.2) is 51.4 Å². The second-order valence-electron chi connectivity index (χ2n) is 7.31. The number of nitrogens with zero attached hydrogens (tertiary/aromatic N) is 5. The monoisotopic (exact) mass is 370 g/mol. The fraction of sp³-hybridized carbons (Fsp3) is 0.579. The van der Waals surface area contributed by atoms with Gasteiger partial charge in [-0.1, -0.05) is 0 Å². The molecule has 1 saturated heterocycles. The van der Waals surface area contributed by atoms with Crippen LogP contribution in [0.25, 0.3) is 0 Å². The highest BCUT2D eigenvalue weighted by atomic mass is 16.5. The Kier molecular flexibility index (Phi) is 5.07. The van der Waals surface area contributed by atoms with Gasteiger partial charge in [0, 0.05) is 49.2 Å². The first-order valence-corrected chi connectivity index (χ1v) is 9.60. The van der Waals surface area contributed by atoms with E-state index in [1.165, 1.54) is 0 Å². The summed E-state index contributed by atoms with van der Waals surface area (Å²) in [6.07, 6.45) is 6.24. The van der Waals surface area contributed by atoms with Gasteiger partial charge in [0.15, 0.2) is 0 Å². The van der Waals surface area contributed by atoms with Crippen molar-refractivity contribution in [2.75, 3.05) is 24.6 Å². The van der Waals surface area contributed by atoms with Crippen LogP contribution in [0.3, 0.4) is 0 Å². The molecule has 2 aliphatic heterocycles. The highest BCUT2D eigenvalue weighted by Crippen LogP contribution is 2.20. The van der Waals surface area contributed by atoms with E-state index in [-0.39, 0.29) is 18.0 Å². The largest absolute Gasteiger partial charge is 0.376 e. The van der Waals surface area contributed by atoms with E-state index in [1.54, 1.807) is 10.9 Å². The van der Waals surface area contributed by atoms with E-state index in [4.69, 9.17) is 9.72 Å². The Morgan fingerprint density at radius 2 is 2.19 bits per heavy atom. The quantitative estimate of drug-likeness (QED) is 0.876. The molecule has 4 rings (SSSR count). The molecule has 1 atom stereocenters. The van der Waals surface area contributed by atoms with Gasteiger partial charge in [0.25, 0.3) is 0 Å². The predicted octanol–water partition coefficient (Wildman–Crippen LogP) is 1.40. The van der Waals surface area contributed by atoms with Gasteiger partial charge in [0.05, 0.1) is 18.9 Å². The molecule has 0 aliphatic carbocycles. The summed E-state index contributed by atoms with van der Waals surface area (Å²) in [5.74, 6) is 0.811. The second-order valence-corrected chi connectivity index (χ2v) is 7.31. The Morgan fingerprint density at radius 1 is 1.37 bits per heavy atom. The third-order valence-corrected chi connectivity index (χ3v) is 5.42. The third kappa shape index (κ3) is 3.80. The lowest BCUT2D eigenvalue weighted by Gasteiger charge is -2.33. The first-order valence-electron chi connectivity index (χ1n) is 9.60. The number of aryl methyl sites for hydroxylation is 1. The van der Waals surface area contributed by atoms with Crippen LogP contribution < -0.4 is 10.2 Å². The molecular formula is C19H26N6O2. The number of anilines is 1. The summed E-state index contributed by atoms with van der Waals surface area (Å²) in [6, 6.07) is 1.79. The van der Waals surface area contributed by atoms with Crippen LogP contribution in [0.1, 0.15) is 42.8 Å². The maximum Gasteiger partial charge on any atom is 0.244 e. The minimum atomic E-state index is -0.302. The number of nitrogens with one attached hydrogen (secondary N) is 1. The summed E-state index contributed by atoms with van der Waals surface area (Å²) in [7, 11) is 0. The van der Waals surface area contributed by atoms with Crippen LogP contribution in [0, 0.1) is 6.92 Å². The standard InChI is InChI=1S/C19H26N6O2/c1-13-3-7-21-25(13)14(2)18(26)22-16-4-8-24(9-5-16)19-20-11-15-12-27-10-6-17(15)23-19/h3,7,11,14,16H,4-6,8-10,12H2,1-2H3,(H,22,26)/t14-/m0/s1. The number of amides is 1. The molecule has 0 unspecified atom stereocenters. The molecule has 1 N–H and O–H groups in total. The average Bonchev–Trinajstić information content (AvgIpc) is 3.13. The summed E-state index contributed by atoms with van der Waals surface area (Å²) in [6.45, 7) is 6.86. The molecule has 2 aromatic heterocycles. The van der Waals surface area contributed by atoms with E-state index in [0.717, 1.165) is 61.9 Å². The molecule has 1 amide bonds. The molecule has 8 nitrogen and oxygen atoms in total. The summed E-state index contributed by atoms with van der Waals surface area (Å²) in [5.41, 5.74) is 3.18. The second kappa shape index (κ2) is 7.64. The van der Waals surface area contributed by atoms with Crippen molar-refractivity contribution in [3.63, 3.8) is 0 Å². The zero-order chi connectivity index (χ0) is 18.8. The highest BCUT2D eigenvalue weighted by Gasteiger charge is 2.25. The number of carbonyl (C=O) groups is 1. The molecule has 144 valence electrons. The SMILES string of the molecule is Cc1ccnn1[C@@H](C)C(=O)NC1CCN(c2ncc3c(n2)CCOC3)CC1. The van der Waals surface area contributed by atoms with Gasteiger partial charge in [-0.2, -0.15) is 5.10 Å². The Hall–Kier alpha value is -2.48. The van der Waals surface area contributed by atoms with Crippen LogP contribution in [0.15, 0.2) is 18.5 Å². The van der Waals surface area contributed by atoms with Gasteiger partial charge in [0.1, 0.15) is 6.04 Å². The predicted molar refractivity (Wildman–Crippen MR) is 100 cm³/mol. The minimum Gasteiger partial charge on any atom is -0.376 e. The maximum absolute atomic E-state index is 12.6. The van der Waals surface area contributed by atoms with E-state index >= 15 is 0 Å². The van der Waals surface area contributed by atoms with Crippen molar-refractivity contribution in [2.24, 2.45) is 0 Å². The summed E-state index contributed by atoms with van der Waals surface area (Å²) in [4.78, 5) is 24.0. The molecule has 27 heavy (non-hydrogen) atoms. The molecule has 2 aromatic rings. The van der Waals surface area contributed by atoms with Crippen LogP contribution in [0.5, 0.6) is 0 Å². The van der Waals surface area contributed by atoms with Gasteiger partial charge in [-0.05, 0) is 32.8 Å². The number of hydrogen-bond acceptors (Lipinski definition) is 6. The van der Waals surface area contributed by atoms with E-state index in [0.29, 0.717) is 6.61 Å². The summed E-state index contributed by atoms with van der Waals surface area (Å²) < 4.78 is 7.20. The van der Waals surface area contributed by atoms with Crippen LogP contribution in [0.4, 0.5) is 5.95 Å². The molecule has 1 fully saturated rings. The van der Waals surface area contributed by atoms with Gasteiger partial charge in [-0.3, -0.25) is 9.48 Å². The molecule has 0 saturated carbocycles. The number of ether oxygens (including phenoxy) is 1. The Morgan fingerprint density at radius 3 is 2.93 bits per heavy atom. The lowest BCUT2D eigenvalue weighted by Crippen LogP contribution is -2.47. The third-order valence-electron chi connectivity index (χ3n) is 5.42. The first kappa shape index (κ1) is 17.9. The lowest BCUT2D eigenvalue weighted by atomic mass is 10.0. The normalized spacial score (nSPS) is 18.8. The fourth-order valence-electron chi connectivity index (χ4n) is 3.71. The Labute approximate surface area is 158 Å². The van der Waals surface area contributed by atoms with Crippen molar-refractivity contribution in [3.8, 4) is 0 Å². The topological polar surface area (TPSA) is 85.2 Å². The van der Waals surface area contributed by atoms with Crippen molar-refractivity contribution in [2.45, 2.75) is 51.8 Å². The smallest absolute Gasteiger partial charge is 0.244 e. The number of hydrogen-bond donors (Lipinski definition) is 1. The maximum atomic E-state index is 12.6. The number of piperidine rings is 1. The van der Waals surface area contributed by atoms with E-state index < -0.39 is 0 Å². The molecule has 2 aliphatic rings. The molecule has 4 heterocycles. The van der Waals surface area contributed by atoms with Crippen molar-refractivity contribution in [1.82, 2.24) is 25.1 Å². The lowest BCUT2D eigenvalue weighted by molar-refractivity contribution is -0.125. The molecule has 0 bridgehead atoms.